The van der Waals surface area contributed by atoms with E-state index in [1.165, 1.54) is 12.1 Å². The zero-order valence-electron chi connectivity index (χ0n) is 22.9. The van der Waals surface area contributed by atoms with Gasteiger partial charge in [0.2, 0.25) is 5.95 Å². The summed E-state index contributed by atoms with van der Waals surface area (Å²) >= 11 is 5.93. The van der Waals surface area contributed by atoms with E-state index in [1.807, 2.05) is 6.20 Å². The fourth-order valence-corrected chi connectivity index (χ4v) is 5.40. The van der Waals surface area contributed by atoms with Crippen LogP contribution in [0.4, 0.5) is 15.1 Å². The first-order valence-corrected chi connectivity index (χ1v) is 16.5. The molecule has 2 N–H and O–H groups in total. The van der Waals surface area contributed by atoms with Gasteiger partial charge in [0.1, 0.15) is 5.82 Å². The number of rotatable bonds is 7. The number of amides is 2. The smallest absolute Gasteiger partial charge is 0.318 e. The van der Waals surface area contributed by atoms with Crippen LogP contribution in [0.1, 0.15) is 56.5 Å². The van der Waals surface area contributed by atoms with Crippen molar-refractivity contribution < 1.29 is 18.3 Å². The third-order valence-electron chi connectivity index (χ3n) is 7.85. The minimum Gasteiger partial charge on any atom is -0.414 e. The number of nitrogens with one attached hydrogen (secondary N) is 2. The Morgan fingerprint density at radius 2 is 2.05 bits per heavy atom. The highest BCUT2D eigenvalue weighted by Crippen LogP contribution is 2.37. The van der Waals surface area contributed by atoms with Crippen LogP contribution in [0, 0.1) is 5.82 Å². The molecule has 2 aromatic rings. The van der Waals surface area contributed by atoms with E-state index in [2.05, 4.69) is 49.5 Å². The van der Waals surface area contributed by atoms with Crippen molar-refractivity contribution in [1.82, 2.24) is 20.2 Å². The Bertz CT molecular complexity index is 1140. The molecule has 208 valence electrons. The van der Waals surface area contributed by atoms with Gasteiger partial charge in [-0.05, 0) is 60.7 Å². The maximum atomic E-state index is 14.4. The standard InChI is InChI=1S/C27H39ClFN5O3Si/c1-27(2,3)38(4,5)37-17-24(18-6-7-21(28)22(29)14-18)33-26(35)34-11-8-19-15-30-25(32-23(19)16-34)31-20-9-12-36-13-10-20/h6-7,14-15,20,24H,8-13,16-17H2,1-5H3,(H,33,35)(H,30,31,32). The van der Waals surface area contributed by atoms with E-state index in [0.29, 0.717) is 31.0 Å². The van der Waals surface area contributed by atoms with Gasteiger partial charge in [-0.1, -0.05) is 38.4 Å². The largest absolute Gasteiger partial charge is 0.414 e. The van der Waals surface area contributed by atoms with E-state index < -0.39 is 20.2 Å². The van der Waals surface area contributed by atoms with Gasteiger partial charge in [0, 0.05) is 32.0 Å². The molecule has 1 fully saturated rings. The van der Waals surface area contributed by atoms with Crippen LogP contribution in [0.25, 0.3) is 0 Å². The normalized spacial score (nSPS) is 17.6. The average Bonchev–Trinajstić information content (AvgIpc) is 2.87. The predicted octanol–water partition coefficient (Wildman–Crippen LogP) is 5.69. The summed E-state index contributed by atoms with van der Waals surface area (Å²) in [5, 5.41) is 6.53. The SMILES string of the molecule is CC(C)(C)[Si](C)(C)OCC(NC(=O)N1CCc2cnc(NC3CCOCC3)nc2C1)c1ccc(Cl)c(F)c1. The van der Waals surface area contributed by atoms with E-state index in [1.54, 1.807) is 11.0 Å². The Balaban J connectivity index is 1.46. The lowest BCUT2D eigenvalue weighted by molar-refractivity contribution is 0.0903. The summed E-state index contributed by atoms with van der Waals surface area (Å²) in [4.78, 5) is 24.4. The Hall–Kier alpha value is -2.27. The minimum atomic E-state index is -2.10. The van der Waals surface area contributed by atoms with E-state index in [9.17, 15) is 9.18 Å². The van der Waals surface area contributed by atoms with Gasteiger partial charge in [0.05, 0.1) is 29.9 Å². The summed E-state index contributed by atoms with van der Waals surface area (Å²) in [6, 6.07) is 4.13. The van der Waals surface area contributed by atoms with Crippen LogP contribution in [0.5, 0.6) is 0 Å². The molecule has 11 heteroatoms. The molecule has 8 nitrogen and oxygen atoms in total. The van der Waals surface area contributed by atoms with Gasteiger partial charge < -0.3 is 24.7 Å². The molecule has 0 bridgehead atoms. The number of hydrogen-bond donors (Lipinski definition) is 2. The molecule has 1 saturated heterocycles. The van der Waals surface area contributed by atoms with Crippen LogP contribution in [-0.2, 0) is 22.1 Å². The fraction of sp³-hybridized carbons (Fsp3) is 0.593. The number of aromatic nitrogens is 2. The summed E-state index contributed by atoms with van der Waals surface area (Å²) < 4.78 is 26.2. The van der Waals surface area contributed by atoms with Crippen molar-refractivity contribution in [3.8, 4) is 0 Å². The molecule has 0 spiro atoms. The van der Waals surface area contributed by atoms with Crippen molar-refractivity contribution in [1.29, 1.82) is 0 Å². The fourth-order valence-electron chi connectivity index (χ4n) is 4.27. The Kier molecular flexibility index (Phi) is 8.96. The van der Waals surface area contributed by atoms with Crippen molar-refractivity contribution in [3.05, 3.63) is 52.1 Å². The van der Waals surface area contributed by atoms with Crippen LogP contribution < -0.4 is 10.6 Å². The minimum absolute atomic E-state index is 0.000513. The number of urea groups is 1. The molecule has 1 unspecified atom stereocenters. The first-order valence-electron chi connectivity index (χ1n) is 13.3. The third kappa shape index (κ3) is 7.02. The maximum Gasteiger partial charge on any atom is 0.318 e. The lowest BCUT2D eigenvalue weighted by Crippen LogP contribution is -2.47. The topological polar surface area (TPSA) is 88.6 Å². The molecule has 3 heterocycles. The van der Waals surface area contributed by atoms with Crippen molar-refractivity contribution in [2.45, 2.75) is 76.8 Å². The van der Waals surface area contributed by atoms with Crippen LogP contribution in [0.2, 0.25) is 23.2 Å². The van der Waals surface area contributed by atoms with Crippen LogP contribution in [-0.4, -0.2) is 61.6 Å². The third-order valence-corrected chi connectivity index (χ3v) is 12.7. The zero-order valence-corrected chi connectivity index (χ0v) is 24.7. The van der Waals surface area contributed by atoms with Crippen molar-refractivity contribution in [2.75, 3.05) is 31.7 Å². The van der Waals surface area contributed by atoms with Gasteiger partial charge in [0.15, 0.2) is 8.32 Å². The monoisotopic (exact) mass is 563 g/mol. The van der Waals surface area contributed by atoms with E-state index in [0.717, 1.165) is 37.3 Å². The van der Waals surface area contributed by atoms with Gasteiger partial charge in [-0.25, -0.2) is 19.2 Å². The molecule has 0 radical (unpaired) electrons. The zero-order chi connectivity index (χ0) is 27.5. The van der Waals surface area contributed by atoms with Crippen molar-refractivity contribution in [2.24, 2.45) is 0 Å². The molecule has 1 aromatic carbocycles. The molecule has 0 aliphatic carbocycles. The number of ether oxygens (including phenoxy) is 1. The molecule has 1 aromatic heterocycles. The summed E-state index contributed by atoms with van der Waals surface area (Å²) in [6.07, 6.45) is 4.35. The quantitative estimate of drug-likeness (QED) is 0.421. The number of benzene rings is 1. The Labute approximate surface area is 230 Å². The maximum absolute atomic E-state index is 14.4. The van der Waals surface area contributed by atoms with Crippen LogP contribution in [0.3, 0.4) is 0 Å². The number of carbonyl (C=O) groups is 1. The number of anilines is 1. The molecular weight excluding hydrogens is 525 g/mol. The summed E-state index contributed by atoms with van der Waals surface area (Å²) in [5.41, 5.74) is 2.49. The second-order valence-electron chi connectivity index (χ2n) is 11.6. The summed E-state index contributed by atoms with van der Waals surface area (Å²) in [6.45, 7) is 13.4. The van der Waals surface area contributed by atoms with Crippen molar-refractivity contribution in [3.63, 3.8) is 0 Å². The lowest BCUT2D eigenvalue weighted by Gasteiger charge is -2.38. The highest BCUT2D eigenvalue weighted by atomic mass is 35.5. The molecular formula is C27H39ClFN5O3Si. The lowest BCUT2D eigenvalue weighted by atomic mass is 10.1. The summed E-state index contributed by atoms with van der Waals surface area (Å²) in [5.74, 6) is 0.0547. The molecule has 0 saturated carbocycles. The molecule has 38 heavy (non-hydrogen) atoms. The van der Waals surface area contributed by atoms with Gasteiger partial charge in [-0.3, -0.25) is 0 Å². The van der Waals surface area contributed by atoms with Crippen molar-refractivity contribution >= 4 is 31.9 Å². The number of nitrogens with zero attached hydrogens (tertiary/aromatic N) is 3. The first kappa shape index (κ1) is 28.7. The van der Waals surface area contributed by atoms with Gasteiger partial charge in [-0.15, -0.1) is 0 Å². The Morgan fingerprint density at radius 3 is 2.74 bits per heavy atom. The van der Waals surface area contributed by atoms with E-state index >= 15 is 0 Å². The van der Waals surface area contributed by atoms with Crippen LogP contribution in [0.15, 0.2) is 24.4 Å². The molecule has 2 aliphatic heterocycles. The van der Waals surface area contributed by atoms with Gasteiger partial charge in [0.25, 0.3) is 0 Å². The van der Waals surface area contributed by atoms with E-state index in [4.69, 9.17) is 25.7 Å². The van der Waals surface area contributed by atoms with Gasteiger partial charge in [-0.2, -0.15) is 0 Å². The summed E-state index contributed by atoms with van der Waals surface area (Å²) in [7, 11) is -2.10. The molecule has 2 amide bonds. The van der Waals surface area contributed by atoms with Crippen LogP contribution >= 0.6 is 11.6 Å². The average molecular weight is 564 g/mol. The number of fused-ring (bicyclic) bond motifs is 1. The highest BCUT2D eigenvalue weighted by molar-refractivity contribution is 6.74. The predicted molar refractivity (Wildman–Crippen MR) is 149 cm³/mol. The number of halogens is 2. The highest BCUT2D eigenvalue weighted by Gasteiger charge is 2.38. The van der Waals surface area contributed by atoms with Gasteiger partial charge >= 0.3 is 6.03 Å². The molecule has 2 aliphatic rings. The Morgan fingerprint density at radius 1 is 1.32 bits per heavy atom. The number of carbonyl (C=O) groups excluding carboxylic acids is 1. The second kappa shape index (κ2) is 11.9. The number of hydrogen-bond acceptors (Lipinski definition) is 6. The molecule has 4 rings (SSSR count). The van der Waals surface area contributed by atoms with E-state index in [-0.39, 0.29) is 28.7 Å². The molecule has 1 atom stereocenters. The first-order chi connectivity index (χ1) is 17.9. The second-order valence-corrected chi connectivity index (χ2v) is 16.8.